The Kier molecular flexibility index (Phi) is 5.76. The van der Waals surface area contributed by atoms with Crippen molar-refractivity contribution < 1.29 is 9.59 Å². The number of anilines is 1. The number of pyridine rings is 1. The number of aryl methyl sites for hydroxylation is 1. The van der Waals surface area contributed by atoms with Gasteiger partial charge >= 0.3 is 0 Å². The predicted molar refractivity (Wildman–Crippen MR) is 138 cm³/mol. The van der Waals surface area contributed by atoms with Gasteiger partial charge in [-0.05, 0) is 85.9 Å². The largest absolute Gasteiger partial charge is 0.349 e. The number of benzene rings is 1. The van der Waals surface area contributed by atoms with Crippen molar-refractivity contribution in [2.75, 3.05) is 11.4 Å². The van der Waals surface area contributed by atoms with Crippen molar-refractivity contribution in [3.63, 3.8) is 0 Å². The Balaban J connectivity index is 1.08. The average molecular weight is 515 g/mol. The van der Waals surface area contributed by atoms with Crippen LogP contribution >= 0.6 is 11.6 Å². The standard InChI is InChI=1S/C28H27ClN6O2/c1-15-5-26(34-13-19-8-24(19)28(34)37)31-12-25(15)16(2)35-14-20(11-32-35)27(36)33-22-6-18(7-22)23-9-21(29)4-3-17(23)10-30/h3-5,9,11-12,14,16,18-19,22,24H,6-8,13H2,1-2H3,(H,33,36)/t16?,18?,19-,22?,24-/m1/s1. The number of carbonyl (C=O) groups is 2. The van der Waals surface area contributed by atoms with E-state index in [-0.39, 0.29) is 35.7 Å². The molecule has 0 radical (unpaired) electrons. The molecule has 3 heterocycles. The second kappa shape index (κ2) is 9.00. The molecule has 0 spiro atoms. The zero-order chi connectivity index (χ0) is 25.8. The molecule has 3 fully saturated rings. The number of carbonyl (C=O) groups excluding carboxylic acids is 2. The van der Waals surface area contributed by atoms with Crippen LogP contribution in [0.2, 0.25) is 5.02 Å². The van der Waals surface area contributed by atoms with E-state index in [9.17, 15) is 14.9 Å². The van der Waals surface area contributed by atoms with Crippen molar-refractivity contribution >= 4 is 29.2 Å². The summed E-state index contributed by atoms with van der Waals surface area (Å²) in [6.07, 6.45) is 7.70. The van der Waals surface area contributed by atoms with Crippen molar-refractivity contribution in [3.8, 4) is 6.07 Å². The fourth-order valence-electron chi connectivity index (χ4n) is 5.66. The second-order valence-corrected chi connectivity index (χ2v) is 11.0. The predicted octanol–water partition coefficient (Wildman–Crippen LogP) is 4.38. The van der Waals surface area contributed by atoms with Gasteiger partial charge in [-0.1, -0.05) is 11.6 Å². The van der Waals surface area contributed by atoms with E-state index < -0.39 is 0 Å². The maximum Gasteiger partial charge on any atom is 0.254 e. The number of aromatic nitrogens is 3. The van der Waals surface area contributed by atoms with Gasteiger partial charge in [0, 0.05) is 35.9 Å². The lowest BCUT2D eigenvalue weighted by molar-refractivity contribution is -0.118. The summed E-state index contributed by atoms with van der Waals surface area (Å²) in [5, 5.41) is 17.5. The maximum atomic E-state index is 12.9. The van der Waals surface area contributed by atoms with Crippen molar-refractivity contribution in [3.05, 3.63) is 75.7 Å². The second-order valence-electron chi connectivity index (χ2n) is 10.5. The molecule has 6 rings (SSSR count). The summed E-state index contributed by atoms with van der Waals surface area (Å²) in [6, 6.07) is 9.44. The average Bonchev–Trinajstić information content (AvgIpc) is 3.31. The molecule has 3 aromatic rings. The lowest BCUT2D eigenvalue weighted by Gasteiger charge is -2.36. The molecule has 3 aliphatic rings. The molecule has 2 aromatic heterocycles. The van der Waals surface area contributed by atoms with Gasteiger partial charge in [0.05, 0.1) is 29.4 Å². The fourth-order valence-corrected chi connectivity index (χ4v) is 5.84. The molecule has 37 heavy (non-hydrogen) atoms. The topological polar surface area (TPSA) is 104 Å². The zero-order valence-electron chi connectivity index (χ0n) is 20.7. The Morgan fingerprint density at radius 2 is 2.05 bits per heavy atom. The number of fused-ring (bicyclic) bond motifs is 1. The Morgan fingerprint density at radius 3 is 2.76 bits per heavy atom. The van der Waals surface area contributed by atoms with Gasteiger partial charge in [0.1, 0.15) is 5.82 Å². The highest BCUT2D eigenvalue weighted by atomic mass is 35.5. The van der Waals surface area contributed by atoms with E-state index in [0.29, 0.717) is 27.9 Å². The molecule has 1 aliphatic heterocycles. The van der Waals surface area contributed by atoms with E-state index in [2.05, 4.69) is 21.5 Å². The number of piperidine rings is 1. The summed E-state index contributed by atoms with van der Waals surface area (Å²) in [6.45, 7) is 4.80. The normalized spacial score (nSPS) is 24.7. The molecule has 2 aliphatic carbocycles. The molecule has 3 atom stereocenters. The van der Waals surface area contributed by atoms with E-state index in [4.69, 9.17) is 11.6 Å². The van der Waals surface area contributed by atoms with E-state index >= 15 is 0 Å². The minimum Gasteiger partial charge on any atom is -0.349 e. The highest BCUT2D eigenvalue weighted by Crippen LogP contribution is 2.47. The number of rotatable bonds is 6. The van der Waals surface area contributed by atoms with Gasteiger partial charge in [-0.25, -0.2) is 4.98 Å². The SMILES string of the molecule is Cc1cc(N2C[C@H]3C[C@H]3C2=O)ncc1C(C)n1cc(C(=O)NC2CC(c3cc(Cl)ccc3C#N)C2)cn1. The number of nitrogens with one attached hydrogen (secondary N) is 1. The first-order valence-electron chi connectivity index (χ1n) is 12.6. The van der Waals surface area contributed by atoms with Crippen LogP contribution in [0.1, 0.15) is 70.8 Å². The van der Waals surface area contributed by atoms with Crippen LogP contribution < -0.4 is 10.2 Å². The highest BCUT2D eigenvalue weighted by molar-refractivity contribution is 6.30. The molecule has 2 amide bonds. The number of nitrogens with zero attached hydrogens (tertiary/aromatic N) is 5. The number of nitriles is 1. The summed E-state index contributed by atoms with van der Waals surface area (Å²) in [5.41, 5.74) is 4.11. The third-order valence-electron chi connectivity index (χ3n) is 8.09. The van der Waals surface area contributed by atoms with E-state index in [1.54, 1.807) is 34.1 Å². The first-order chi connectivity index (χ1) is 17.8. The minimum atomic E-state index is -0.162. The Hall–Kier alpha value is -3.70. The minimum absolute atomic E-state index is 0.0436. The van der Waals surface area contributed by atoms with Gasteiger partial charge in [-0.2, -0.15) is 10.4 Å². The summed E-state index contributed by atoms with van der Waals surface area (Å²) in [4.78, 5) is 31.7. The van der Waals surface area contributed by atoms with Crippen molar-refractivity contribution in [1.82, 2.24) is 20.1 Å². The first kappa shape index (κ1) is 23.7. The Bertz CT molecular complexity index is 1450. The molecule has 1 N–H and O–H groups in total. The first-order valence-corrected chi connectivity index (χ1v) is 13.0. The third kappa shape index (κ3) is 4.27. The number of hydrogen-bond donors (Lipinski definition) is 1. The van der Waals surface area contributed by atoms with Crippen molar-refractivity contribution in [2.45, 2.75) is 51.1 Å². The Labute approximate surface area is 220 Å². The molecule has 188 valence electrons. The fraction of sp³-hybridized carbons (Fsp3) is 0.393. The quantitative estimate of drug-likeness (QED) is 0.525. The highest BCUT2D eigenvalue weighted by Gasteiger charge is 2.52. The van der Waals surface area contributed by atoms with Gasteiger partial charge in [0.25, 0.3) is 5.91 Å². The van der Waals surface area contributed by atoms with Crippen molar-refractivity contribution in [1.29, 1.82) is 5.26 Å². The molecule has 9 heteroatoms. The number of hydrogen-bond acceptors (Lipinski definition) is 5. The summed E-state index contributed by atoms with van der Waals surface area (Å²) < 4.78 is 1.77. The molecule has 2 saturated carbocycles. The number of halogens is 1. The molecular weight excluding hydrogens is 488 g/mol. The van der Waals surface area contributed by atoms with E-state index in [0.717, 1.165) is 42.5 Å². The number of amides is 2. The van der Waals surface area contributed by atoms with Crippen LogP contribution in [-0.4, -0.2) is 39.2 Å². The molecule has 0 bridgehead atoms. The van der Waals surface area contributed by atoms with Gasteiger partial charge < -0.3 is 5.32 Å². The summed E-state index contributed by atoms with van der Waals surface area (Å²) in [5.74, 6) is 1.65. The van der Waals surface area contributed by atoms with E-state index in [1.807, 2.05) is 32.2 Å². The van der Waals surface area contributed by atoms with E-state index in [1.165, 1.54) is 0 Å². The van der Waals surface area contributed by atoms with Crippen LogP contribution in [0.15, 0.2) is 42.9 Å². The maximum absolute atomic E-state index is 12.9. The van der Waals surface area contributed by atoms with Crippen LogP contribution in [-0.2, 0) is 4.79 Å². The van der Waals surface area contributed by atoms with Crippen LogP contribution in [0.3, 0.4) is 0 Å². The molecular formula is C28H27ClN6O2. The lowest BCUT2D eigenvalue weighted by atomic mass is 9.74. The molecule has 1 aromatic carbocycles. The summed E-state index contributed by atoms with van der Waals surface area (Å²) in [7, 11) is 0. The molecule has 1 saturated heterocycles. The van der Waals surface area contributed by atoms with Crippen LogP contribution in [0.5, 0.6) is 0 Å². The molecule has 8 nitrogen and oxygen atoms in total. The van der Waals surface area contributed by atoms with Gasteiger partial charge in [-0.3, -0.25) is 19.2 Å². The zero-order valence-corrected chi connectivity index (χ0v) is 21.4. The summed E-state index contributed by atoms with van der Waals surface area (Å²) >= 11 is 6.12. The Morgan fingerprint density at radius 1 is 1.24 bits per heavy atom. The van der Waals surface area contributed by atoms with Crippen LogP contribution in [0.4, 0.5) is 5.82 Å². The third-order valence-corrected chi connectivity index (χ3v) is 8.33. The molecule has 1 unspecified atom stereocenters. The monoisotopic (exact) mass is 514 g/mol. The van der Waals surface area contributed by atoms with Gasteiger partial charge in [0.2, 0.25) is 5.91 Å². The lowest BCUT2D eigenvalue weighted by Crippen LogP contribution is -2.43. The van der Waals surface area contributed by atoms with Crippen LogP contribution in [0, 0.1) is 30.1 Å². The van der Waals surface area contributed by atoms with Gasteiger partial charge in [-0.15, -0.1) is 0 Å². The van der Waals surface area contributed by atoms with Crippen LogP contribution in [0.25, 0.3) is 0 Å². The smallest absolute Gasteiger partial charge is 0.254 e. The van der Waals surface area contributed by atoms with Gasteiger partial charge in [0.15, 0.2) is 0 Å². The van der Waals surface area contributed by atoms with Crippen molar-refractivity contribution in [2.24, 2.45) is 11.8 Å².